The molecule has 1 saturated heterocycles. The normalized spacial score (nSPS) is 23.4. The molecule has 0 aromatic rings. The lowest BCUT2D eigenvalue weighted by Crippen LogP contribution is -2.27. The lowest BCUT2D eigenvalue weighted by atomic mass is 9.95. The Labute approximate surface area is 98.5 Å². The van der Waals surface area contributed by atoms with Gasteiger partial charge in [0.2, 0.25) is 0 Å². The van der Waals surface area contributed by atoms with Gasteiger partial charge >= 0.3 is 0 Å². The van der Waals surface area contributed by atoms with Gasteiger partial charge in [-0.2, -0.15) is 0 Å². The molecular weight excluding hydrogens is 204 g/mol. The van der Waals surface area contributed by atoms with Crippen LogP contribution in [0, 0.1) is 11.8 Å². The van der Waals surface area contributed by atoms with Crippen LogP contribution in [0.3, 0.4) is 0 Å². The van der Waals surface area contributed by atoms with Crippen LogP contribution < -0.4 is 0 Å². The van der Waals surface area contributed by atoms with Gasteiger partial charge in [-0.15, -0.1) is 0 Å². The predicted molar refractivity (Wildman–Crippen MR) is 63.2 cm³/mol. The molecule has 0 aliphatic carbocycles. The Bertz CT molecular complexity index is 207. The summed E-state index contributed by atoms with van der Waals surface area (Å²) in [7, 11) is 0. The van der Waals surface area contributed by atoms with Crippen molar-refractivity contribution in [3.63, 3.8) is 0 Å². The smallest absolute Gasteiger partial charge is 0.157 e. The topological polar surface area (TPSA) is 35.5 Å². The summed E-state index contributed by atoms with van der Waals surface area (Å²) in [6.07, 6.45) is 4.08. The largest absolute Gasteiger partial charge is 0.353 e. The maximum atomic E-state index is 11.4. The molecule has 3 nitrogen and oxygen atoms in total. The summed E-state index contributed by atoms with van der Waals surface area (Å²) in [6, 6.07) is 0. The van der Waals surface area contributed by atoms with Crippen LogP contribution in [0.2, 0.25) is 0 Å². The molecule has 0 amide bonds. The third-order valence-corrected chi connectivity index (χ3v) is 2.95. The van der Waals surface area contributed by atoms with Gasteiger partial charge < -0.3 is 9.47 Å². The van der Waals surface area contributed by atoms with Crippen LogP contribution in [0.4, 0.5) is 0 Å². The van der Waals surface area contributed by atoms with E-state index in [0.29, 0.717) is 12.5 Å². The Morgan fingerprint density at radius 2 is 2.19 bits per heavy atom. The number of ketones is 1. The number of hydrogen-bond donors (Lipinski definition) is 0. The van der Waals surface area contributed by atoms with E-state index in [1.807, 2.05) is 0 Å². The quantitative estimate of drug-likeness (QED) is 0.701. The average Bonchev–Trinajstić information content (AvgIpc) is 2.25. The van der Waals surface area contributed by atoms with E-state index in [1.54, 1.807) is 6.92 Å². The van der Waals surface area contributed by atoms with Crippen LogP contribution in [0.1, 0.15) is 46.5 Å². The second-order valence-electron chi connectivity index (χ2n) is 5.07. The molecule has 1 rings (SSSR count). The van der Waals surface area contributed by atoms with E-state index in [-0.39, 0.29) is 18.0 Å². The maximum absolute atomic E-state index is 11.4. The summed E-state index contributed by atoms with van der Waals surface area (Å²) in [4.78, 5) is 11.4. The van der Waals surface area contributed by atoms with Crippen LogP contribution in [0.25, 0.3) is 0 Å². The van der Waals surface area contributed by atoms with Crippen molar-refractivity contribution in [2.24, 2.45) is 11.8 Å². The first-order valence-corrected chi connectivity index (χ1v) is 6.33. The van der Waals surface area contributed by atoms with Crippen molar-refractivity contribution in [1.82, 2.24) is 0 Å². The zero-order chi connectivity index (χ0) is 12.0. The summed E-state index contributed by atoms with van der Waals surface area (Å²) < 4.78 is 11.1. The van der Waals surface area contributed by atoms with Crippen LogP contribution in [0.5, 0.6) is 0 Å². The molecule has 1 aliphatic heterocycles. The lowest BCUT2D eigenvalue weighted by molar-refractivity contribution is -0.171. The molecule has 0 spiro atoms. The van der Waals surface area contributed by atoms with E-state index >= 15 is 0 Å². The van der Waals surface area contributed by atoms with Crippen molar-refractivity contribution in [1.29, 1.82) is 0 Å². The Balaban J connectivity index is 2.28. The molecule has 0 saturated carbocycles. The van der Waals surface area contributed by atoms with E-state index in [0.717, 1.165) is 25.9 Å². The molecule has 1 aliphatic rings. The highest BCUT2D eigenvalue weighted by molar-refractivity contribution is 5.78. The molecule has 94 valence electrons. The summed E-state index contributed by atoms with van der Waals surface area (Å²) >= 11 is 0. The monoisotopic (exact) mass is 228 g/mol. The summed E-state index contributed by atoms with van der Waals surface area (Å²) in [5.41, 5.74) is 0. The van der Waals surface area contributed by atoms with Crippen LogP contribution >= 0.6 is 0 Å². The standard InChI is InChI=1S/C13H24O3/c1-10(2)8-12(11(3)14)9-16-13-6-4-5-7-15-13/h10,12-13H,4-9H2,1-3H3. The minimum Gasteiger partial charge on any atom is -0.353 e. The zero-order valence-electron chi connectivity index (χ0n) is 10.7. The number of Topliss-reactive ketones (excluding diaryl/α,β-unsaturated/α-hetero) is 1. The van der Waals surface area contributed by atoms with E-state index in [1.165, 1.54) is 6.42 Å². The van der Waals surface area contributed by atoms with E-state index in [2.05, 4.69) is 13.8 Å². The molecule has 0 aromatic carbocycles. The number of hydrogen-bond acceptors (Lipinski definition) is 3. The van der Waals surface area contributed by atoms with Crippen molar-refractivity contribution < 1.29 is 14.3 Å². The second kappa shape index (κ2) is 7.02. The van der Waals surface area contributed by atoms with E-state index in [4.69, 9.17) is 9.47 Å². The number of carbonyl (C=O) groups is 1. The first-order chi connectivity index (χ1) is 7.59. The Morgan fingerprint density at radius 1 is 1.44 bits per heavy atom. The van der Waals surface area contributed by atoms with Gasteiger partial charge in [0.15, 0.2) is 6.29 Å². The molecule has 16 heavy (non-hydrogen) atoms. The summed E-state index contributed by atoms with van der Waals surface area (Å²) in [5.74, 6) is 0.791. The van der Waals surface area contributed by atoms with Crippen molar-refractivity contribution >= 4 is 5.78 Å². The van der Waals surface area contributed by atoms with Crippen molar-refractivity contribution in [2.75, 3.05) is 13.2 Å². The average molecular weight is 228 g/mol. The van der Waals surface area contributed by atoms with Gasteiger partial charge in [0.05, 0.1) is 6.61 Å². The number of rotatable bonds is 6. The van der Waals surface area contributed by atoms with Gasteiger partial charge in [-0.3, -0.25) is 4.79 Å². The molecule has 0 bridgehead atoms. The molecule has 0 radical (unpaired) electrons. The number of carbonyl (C=O) groups excluding carboxylic acids is 1. The van der Waals surface area contributed by atoms with Crippen molar-refractivity contribution in [3.05, 3.63) is 0 Å². The van der Waals surface area contributed by atoms with Crippen LogP contribution in [-0.2, 0) is 14.3 Å². The Morgan fingerprint density at radius 3 is 2.69 bits per heavy atom. The first-order valence-electron chi connectivity index (χ1n) is 6.33. The minimum absolute atomic E-state index is 0.0329. The molecule has 1 fully saturated rings. The molecule has 2 unspecified atom stereocenters. The fourth-order valence-corrected chi connectivity index (χ4v) is 1.99. The Hall–Kier alpha value is -0.410. The van der Waals surface area contributed by atoms with E-state index < -0.39 is 0 Å². The van der Waals surface area contributed by atoms with Gasteiger partial charge in [-0.1, -0.05) is 13.8 Å². The van der Waals surface area contributed by atoms with Crippen molar-refractivity contribution in [2.45, 2.75) is 52.7 Å². The van der Waals surface area contributed by atoms with Gasteiger partial charge in [0, 0.05) is 12.5 Å². The van der Waals surface area contributed by atoms with Gasteiger partial charge in [0.25, 0.3) is 0 Å². The SMILES string of the molecule is CC(=O)C(COC1CCCCO1)CC(C)C. The number of ether oxygens (including phenoxy) is 2. The Kier molecular flexibility index (Phi) is 5.99. The minimum atomic E-state index is -0.0808. The summed E-state index contributed by atoms with van der Waals surface area (Å²) in [6.45, 7) is 7.22. The van der Waals surface area contributed by atoms with Crippen LogP contribution in [-0.4, -0.2) is 25.3 Å². The van der Waals surface area contributed by atoms with Crippen LogP contribution in [0.15, 0.2) is 0 Å². The second-order valence-corrected chi connectivity index (χ2v) is 5.07. The van der Waals surface area contributed by atoms with E-state index in [9.17, 15) is 4.79 Å². The molecule has 2 atom stereocenters. The molecule has 1 heterocycles. The first kappa shape index (κ1) is 13.7. The molecule has 0 aromatic heterocycles. The maximum Gasteiger partial charge on any atom is 0.157 e. The van der Waals surface area contributed by atoms with Gasteiger partial charge in [-0.05, 0) is 38.5 Å². The third-order valence-electron chi connectivity index (χ3n) is 2.95. The molecular formula is C13H24O3. The highest BCUT2D eigenvalue weighted by Gasteiger charge is 2.20. The van der Waals surface area contributed by atoms with Crippen molar-refractivity contribution in [3.8, 4) is 0 Å². The zero-order valence-corrected chi connectivity index (χ0v) is 10.7. The van der Waals surface area contributed by atoms with Gasteiger partial charge in [-0.25, -0.2) is 0 Å². The van der Waals surface area contributed by atoms with Gasteiger partial charge in [0.1, 0.15) is 5.78 Å². The predicted octanol–water partition coefficient (Wildman–Crippen LogP) is 2.78. The fraction of sp³-hybridized carbons (Fsp3) is 0.923. The molecule has 3 heteroatoms. The third kappa shape index (κ3) is 5.08. The highest BCUT2D eigenvalue weighted by atomic mass is 16.7. The summed E-state index contributed by atoms with van der Waals surface area (Å²) in [5, 5.41) is 0. The highest BCUT2D eigenvalue weighted by Crippen LogP contribution is 2.18. The molecule has 0 N–H and O–H groups in total. The lowest BCUT2D eigenvalue weighted by Gasteiger charge is -2.25. The fourth-order valence-electron chi connectivity index (χ4n) is 1.99.